The summed E-state index contributed by atoms with van der Waals surface area (Å²) in [5.41, 5.74) is 0.175. The molecule has 6 nitrogen and oxygen atoms in total. The number of carbonyl (C=O) groups is 3. The van der Waals surface area contributed by atoms with Crippen LogP contribution in [0.15, 0.2) is 24.3 Å². The van der Waals surface area contributed by atoms with Gasteiger partial charge < -0.3 is 15.0 Å². The summed E-state index contributed by atoms with van der Waals surface area (Å²) in [6.07, 6.45) is 0. The molecule has 0 saturated carbocycles. The Kier molecular flexibility index (Phi) is 5.68. The summed E-state index contributed by atoms with van der Waals surface area (Å²) in [7, 11) is 3.23. The number of hydrogen-bond donors (Lipinski definition) is 1. The lowest BCUT2D eigenvalue weighted by molar-refractivity contribution is -0.127. The molecule has 0 unspecified atom stereocenters. The van der Waals surface area contributed by atoms with Gasteiger partial charge in [0.15, 0.2) is 0 Å². The van der Waals surface area contributed by atoms with Crippen molar-refractivity contribution in [1.82, 2.24) is 10.2 Å². The van der Waals surface area contributed by atoms with E-state index >= 15 is 0 Å². The Morgan fingerprint density at radius 1 is 1.05 bits per heavy atom. The molecule has 2 amide bonds. The molecule has 0 heterocycles. The van der Waals surface area contributed by atoms with Gasteiger partial charge in [0.25, 0.3) is 5.91 Å². The van der Waals surface area contributed by atoms with Crippen LogP contribution in [0.25, 0.3) is 0 Å². The number of amides is 2. The number of likely N-dealkylation sites (N-methyl/N-ethyl adjacent to an activating group) is 1. The van der Waals surface area contributed by atoms with Crippen LogP contribution in [0.5, 0.6) is 0 Å². The number of ether oxygens (including phenoxy) is 1. The molecule has 1 aromatic rings. The number of hydrogen-bond acceptors (Lipinski definition) is 4. The molecule has 1 N–H and O–H groups in total. The molecule has 1 aromatic carbocycles. The molecule has 0 aliphatic carbocycles. The first kappa shape index (κ1) is 17.7. The Hall–Kier alpha value is -2.37. The van der Waals surface area contributed by atoms with Crippen molar-refractivity contribution in [1.29, 1.82) is 0 Å². The highest BCUT2D eigenvalue weighted by Gasteiger charge is 2.18. The molecular weight excluding hydrogens is 284 g/mol. The van der Waals surface area contributed by atoms with Crippen molar-refractivity contribution >= 4 is 17.8 Å². The van der Waals surface area contributed by atoms with Crippen molar-refractivity contribution in [3.8, 4) is 0 Å². The first-order chi connectivity index (χ1) is 10.1. The predicted molar refractivity (Wildman–Crippen MR) is 82.6 cm³/mol. The van der Waals surface area contributed by atoms with Gasteiger partial charge in [-0.25, -0.2) is 4.79 Å². The quantitative estimate of drug-likeness (QED) is 0.855. The van der Waals surface area contributed by atoms with Gasteiger partial charge in [0, 0.05) is 19.7 Å². The topological polar surface area (TPSA) is 75.7 Å². The Bertz CT molecular complexity index is 557. The minimum absolute atomic E-state index is 0.0698. The monoisotopic (exact) mass is 306 g/mol. The van der Waals surface area contributed by atoms with Gasteiger partial charge in [-0.2, -0.15) is 0 Å². The average Bonchev–Trinajstić information content (AvgIpc) is 2.42. The molecule has 0 fully saturated rings. The van der Waals surface area contributed by atoms with Crippen LogP contribution in [0.3, 0.4) is 0 Å². The number of esters is 1. The van der Waals surface area contributed by atoms with Crippen molar-refractivity contribution in [2.45, 2.75) is 26.4 Å². The highest BCUT2D eigenvalue weighted by atomic mass is 16.6. The van der Waals surface area contributed by atoms with E-state index in [1.165, 1.54) is 29.2 Å². The van der Waals surface area contributed by atoms with Crippen LogP contribution in [0.2, 0.25) is 0 Å². The highest BCUT2D eigenvalue weighted by molar-refractivity contribution is 5.97. The maximum absolute atomic E-state index is 11.9. The van der Waals surface area contributed by atoms with E-state index in [0.29, 0.717) is 11.1 Å². The van der Waals surface area contributed by atoms with Crippen molar-refractivity contribution < 1.29 is 19.1 Å². The molecule has 0 bridgehead atoms. The second kappa shape index (κ2) is 7.06. The first-order valence-corrected chi connectivity index (χ1v) is 6.92. The number of nitrogens with one attached hydrogen (secondary N) is 1. The Labute approximate surface area is 130 Å². The second-order valence-corrected chi connectivity index (χ2v) is 6.05. The summed E-state index contributed by atoms with van der Waals surface area (Å²) in [4.78, 5) is 36.5. The van der Waals surface area contributed by atoms with E-state index in [1.54, 1.807) is 34.9 Å². The van der Waals surface area contributed by atoms with Crippen LogP contribution in [-0.2, 0) is 9.53 Å². The molecule has 0 atom stereocenters. The summed E-state index contributed by atoms with van der Waals surface area (Å²) in [6, 6.07) is 6.09. The van der Waals surface area contributed by atoms with Crippen LogP contribution in [0.4, 0.5) is 0 Å². The van der Waals surface area contributed by atoms with Crippen LogP contribution in [0, 0.1) is 0 Å². The fraction of sp³-hybridized carbons (Fsp3) is 0.438. The fourth-order valence-corrected chi connectivity index (χ4v) is 1.51. The molecule has 120 valence electrons. The third kappa shape index (κ3) is 5.55. The van der Waals surface area contributed by atoms with Crippen molar-refractivity contribution in [2.24, 2.45) is 0 Å². The molecule has 0 aromatic heterocycles. The SMILES string of the molecule is CN(C)C(=O)CNC(=O)c1ccc(C(=O)OC(C)(C)C)cc1. The van der Waals surface area contributed by atoms with E-state index in [1.807, 2.05) is 0 Å². The molecule has 0 spiro atoms. The summed E-state index contributed by atoms with van der Waals surface area (Å²) < 4.78 is 5.24. The lowest BCUT2D eigenvalue weighted by Gasteiger charge is -2.19. The molecule has 0 aliphatic heterocycles. The Morgan fingerprint density at radius 3 is 2.00 bits per heavy atom. The largest absolute Gasteiger partial charge is 0.456 e. The normalized spacial score (nSPS) is 10.8. The maximum atomic E-state index is 11.9. The van der Waals surface area contributed by atoms with Crippen molar-refractivity contribution in [3.05, 3.63) is 35.4 Å². The maximum Gasteiger partial charge on any atom is 0.338 e. The van der Waals surface area contributed by atoms with Gasteiger partial charge in [-0.15, -0.1) is 0 Å². The van der Waals surface area contributed by atoms with Crippen LogP contribution in [0.1, 0.15) is 41.5 Å². The standard InChI is InChI=1S/C16H22N2O4/c1-16(2,3)22-15(21)12-8-6-11(7-9-12)14(20)17-10-13(19)18(4)5/h6-9H,10H2,1-5H3,(H,17,20). The lowest BCUT2D eigenvalue weighted by atomic mass is 10.1. The third-order valence-corrected chi connectivity index (χ3v) is 2.68. The third-order valence-electron chi connectivity index (χ3n) is 2.68. The predicted octanol–water partition coefficient (Wildman–Crippen LogP) is 1.46. The molecule has 0 radical (unpaired) electrons. The minimum atomic E-state index is -0.570. The van der Waals surface area contributed by atoms with Crippen LogP contribution in [-0.4, -0.2) is 48.9 Å². The number of rotatable bonds is 4. The highest BCUT2D eigenvalue weighted by Crippen LogP contribution is 2.12. The van der Waals surface area contributed by atoms with Crippen LogP contribution < -0.4 is 5.32 Å². The van der Waals surface area contributed by atoms with E-state index in [9.17, 15) is 14.4 Å². The van der Waals surface area contributed by atoms with E-state index in [-0.39, 0.29) is 18.4 Å². The second-order valence-electron chi connectivity index (χ2n) is 6.05. The van der Waals surface area contributed by atoms with E-state index in [2.05, 4.69) is 5.32 Å². The Morgan fingerprint density at radius 2 is 1.55 bits per heavy atom. The molecule has 0 saturated heterocycles. The zero-order valence-corrected chi connectivity index (χ0v) is 13.6. The van der Waals surface area contributed by atoms with E-state index in [0.717, 1.165) is 0 Å². The first-order valence-electron chi connectivity index (χ1n) is 6.92. The zero-order valence-electron chi connectivity index (χ0n) is 13.6. The van der Waals surface area contributed by atoms with Gasteiger partial charge in [-0.05, 0) is 45.0 Å². The molecule has 0 aliphatic rings. The van der Waals surface area contributed by atoms with Gasteiger partial charge in [-0.3, -0.25) is 9.59 Å². The molecule has 22 heavy (non-hydrogen) atoms. The van der Waals surface area contributed by atoms with Crippen molar-refractivity contribution in [3.63, 3.8) is 0 Å². The average molecular weight is 306 g/mol. The Balaban J connectivity index is 2.66. The van der Waals surface area contributed by atoms with Gasteiger partial charge in [-0.1, -0.05) is 0 Å². The number of benzene rings is 1. The fourth-order valence-electron chi connectivity index (χ4n) is 1.51. The summed E-state index contributed by atoms with van der Waals surface area (Å²) in [6.45, 7) is 5.29. The summed E-state index contributed by atoms with van der Waals surface area (Å²) in [5.74, 6) is -1.01. The lowest BCUT2D eigenvalue weighted by Crippen LogP contribution is -2.36. The van der Waals surface area contributed by atoms with E-state index in [4.69, 9.17) is 4.74 Å². The van der Waals surface area contributed by atoms with Gasteiger partial charge in [0.2, 0.25) is 5.91 Å². The summed E-state index contributed by atoms with van der Waals surface area (Å²) >= 11 is 0. The zero-order chi connectivity index (χ0) is 16.9. The minimum Gasteiger partial charge on any atom is -0.456 e. The van der Waals surface area contributed by atoms with Gasteiger partial charge in [0.05, 0.1) is 12.1 Å². The number of carbonyl (C=O) groups excluding carboxylic acids is 3. The molecule has 6 heteroatoms. The van der Waals surface area contributed by atoms with Crippen molar-refractivity contribution in [2.75, 3.05) is 20.6 Å². The summed E-state index contributed by atoms with van der Waals surface area (Å²) in [5, 5.41) is 2.52. The van der Waals surface area contributed by atoms with Crippen LogP contribution >= 0.6 is 0 Å². The van der Waals surface area contributed by atoms with E-state index < -0.39 is 11.6 Å². The van der Waals surface area contributed by atoms with Gasteiger partial charge in [0.1, 0.15) is 5.60 Å². The number of nitrogens with zero attached hydrogens (tertiary/aromatic N) is 1. The van der Waals surface area contributed by atoms with Gasteiger partial charge >= 0.3 is 5.97 Å². The smallest absolute Gasteiger partial charge is 0.338 e. The molecule has 1 rings (SSSR count). The molecular formula is C16H22N2O4.